The maximum atomic E-state index is 12.0. The summed E-state index contributed by atoms with van der Waals surface area (Å²) in [7, 11) is 0. The van der Waals surface area contributed by atoms with Gasteiger partial charge in [-0.3, -0.25) is 9.59 Å². The molecule has 2 rings (SSSR count). The van der Waals surface area contributed by atoms with Crippen LogP contribution in [0.25, 0.3) is 0 Å². The number of benzene rings is 2. The van der Waals surface area contributed by atoms with E-state index in [9.17, 15) is 9.59 Å². The summed E-state index contributed by atoms with van der Waals surface area (Å²) in [6.07, 6.45) is 1.06. The van der Waals surface area contributed by atoms with Gasteiger partial charge >= 0.3 is 0 Å². The summed E-state index contributed by atoms with van der Waals surface area (Å²) in [5.74, 6) is 0.755. The van der Waals surface area contributed by atoms with Gasteiger partial charge in [-0.2, -0.15) is 0 Å². The lowest BCUT2D eigenvalue weighted by atomic mass is 10.1. The Hall–Kier alpha value is -2.62. The molecular weight excluding hydrogens is 302 g/mol. The maximum Gasteiger partial charge on any atom is 0.220 e. The van der Waals surface area contributed by atoms with E-state index < -0.39 is 0 Å². The molecule has 0 bridgehead atoms. The van der Waals surface area contributed by atoms with Crippen LogP contribution in [0.3, 0.4) is 0 Å². The molecule has 4 nitrogen and oxygen atoms in total. The monoisotopic (exact) mass is 325 g/mol. The molecule has 0 saturated heterocycles. The van der Waals surface area contributed by atoms with E-state index in [0.29, 0.717) is 30.8 Å². The minimum Gasteiger partial charge on any atom is -0.494 e. The number of carbonyl (C=O) groups is 2. The van der Waals surface area contributed by atoms with Gasteiger partial charge in [0.2, 0.25) is 5.91 Å². The number of rotatable bonds is 8. The molecule has 126 valence electrons. The first-order valence-electron chi connectivity index (χ1n) is 8.14. The van der Waals surface area contributed by atoms with Crippen LogP contribution in [-0.4, -0.2) is 18.3 Å². The zero-order chi connectivity index (χ0) is 17.4. The number of hydrogen-bond acceptors (Lipinski definition) is 3. The van der Waals surface area contributed by atoms with Gasteiger partial charge in [0.1, 0.15) is 5.75 Å². The van der Waals surface area contributed by atoms with Gasteiger partial charge in [-0.15, -0.1) is 0 Å². The van der Waals surface area contributed by atoms with Gasteiger partial charge in [0.25, 0.3) is 0 Å². The van der Waals surface area contributed by atoms with Gasteiger partial charge in [-0.25, -0.2) is 0 Å². The first-order chi connectivity index (χ1) is 11.6. The summed E-state index contributed by atoms with van der Waals surface area (Å²) in [5, 5.41) is 2.98. The molecule has 2 aromatic rings. The fourth-order valence-corrected chi connectivity index (χ4v) is 2.35. The lowest BCUT2D eigenvalue weighted by Gasteiger charge is -2.14. The minimum atomic E-state index is -0.00116. The Morgan fingerprint density at radius 2 is 1.71 bits per heavy atom. The van der Waals surface area contributed by atoms with Crippen molar-refractivity contribution in [3.63, 3.8) is 0 Å². The third kappa shape index (κ3) is 5.54. The summed E-state index contributed by atoms with van der Waals surface area (Å²) in [6, 6.07) is 16.9. The van der Waals surface area contributed by atoms with Gasteiger partial charge in [0.05, 0.1) is 12.6 Å². The van der Waals surface area contributed by atoms with Crippen molar-refractivity contribution in [2.45, 2.75) is 32.7 Å². The minimum absolute atomic E-state index is 0.00116. The fraction of sp³-hybridized carbons (Fsp3) is 0.300. The third-order valence-corrected chi connectivity index (χ3v) is 3.75. The molecule has 0 aromatic heterocycles. The van der Waals surface area contributed by atoms with Crippen molar-refractivity contribution < 1.29 is 14.3 Å². The standard InChI is InChI=1S/C20H23NO3/c1-15(17-7-4-3-5-8-17)21-20(23)9-6-14-24-19-12-10-18(11-13-19)16(2)22/h3-5,7-8,10-13,15H,6,9,14H2,1-2H3,(H,21,23). The molecule has 0 fully saturated rings. The molecule has 1 N–H and O–H groups in total. The van der Waals surface area contributed by atoms with Crippen molar-refractivity contribution >= 4 is 11.7 Å². The van der Waals surface area contributed by atoms with Gasteiger partial charge in [0, 0.05) is 12.0 Å². The predicted octanol–water partition coefficient (Wildman–Crippen LogP) is 3.93. The van der Waals surface area contributed by atoms with E-state index in [0.717, 1.165) is 5.56 Å². The van der Waals surface area contributed by atoms with Crippen LogP contribution in [0.15, 0.2) is 54.6 Å². The highest BCUT2D eigenvalue weighted by Crippen LogP contribution is 2.14. The zero-order valence-corrected chi connectivity index (χ0v) is 14.1. The van der Waals surface area contributed by atoms with E-state index in [1.807, 2.05) is 37.3 Å². The van der Waals surface area contributed by atoms with E-state index in [-0.39, 0.29) is 17.7 Å². The Morgan fingerprint density at radius 1 is 1.04 bits per heavy atom. The van der Waals surface area contributed by atoms with Crippen LogP contribution in [0.1, 0.15) is 48.7 Å². The Kier molecular flexibility index (Phi) is 6.55. The molecule has 0 aliphatic carbocycles. The number of ether oxygens (including phenoxy) is 1. The van der Waals surface area contributed by atoms with Gasteiger partial charge in [-0.1, -0.05) is 30.3 Å². The topological polar surface area (TPSA) is 55.4 Å². The van der Waals surface area contributed by atoms with Gasteiger partial charge in [0.15, 0.2) is 5.78 Å². The Balaban J connectivity index is 1.68. The third-order valence-electron chi connectivity index (χ3n) is 3.75. The van der Waals surface area contributed by atoms with Crippen molar-refractivity contribution in [2.75, 3.05) is 6.61 Å². The number of carbonyl (C=O) groups excluding carboxylic acids is 2. The molecule has 0 spiro atoms. The summed E-state index contributed by atoms with van der Waals surface area (Å²) in [5.41, 5.74) is 1.75. The number of ketones is 1. The molecule has 0 aliphatic heterocycles. The second-order valence-corrected chi connectivity index (χ2v) is 5.73. The molecule has 4 heteroatoms. The lowest BCUT2D eigenvalue weighted by molar-refractivity contribution is -0.121. The van der Waals surface area contributed by atoms with Crippen LogP contribution >= 0.6 is 0 Å². The van der Waals surface area contributed by atoms with Crippen molar-refractivity contribution in [2.24, 2.45) is 0 Å². The average molecular weight is 325 g/mol. The molecule has 0 heterocycles. The van der Waals surface area contributed by atoms with Crippen LogP contribution in [0, 0.1) is 0 Å². The van der Waals surface area contributed by atoms with Crippen molar-refractivity contribution in [3.05, 3.63) is 65.7 Å². The van der Waals surface area contributed by atoms with Crippen molar-refractivity contribution in [1.29, 1.82) is 0 Å². The molecule has 1 amide bonds. The van der Waals surface area contributed by atoms with E-state index >= 15 is 0 Å². The molecular formula is C20H23NO3. The summed E-state index contributed by atoms with van der Waals surface area (Å²) < 4.78 is 5.59. The highest BCUT2D eigenvalue weighted by atomic mass is 16.5. The average Bonchev–Trinajstić information content (AvgIpc) is 2.60. The van der Waals surface area contributed by atoms with Crippen molar-refractivity contribution in [1.82, 2.24) is 5.32 Å². The predicted molar refractivity (Wildman–Crippen MR) is 94.2 cm³/mol. The molecule has 0 radical (unpaired) electrons. The number of hydrogen-bond donors (Lipinski definition) is 1. The van der Waals surface area contributed by atoms with E-state index in [2.05, 4.69) is 5.32 Å². The van der Waals surface area contributed by atoms with Crippen LogP contribution in [0.2, 0.25) is 0 Å². The first kappa shape index (κ1) is 17.7. The van der Waals surface area contributed by atoms with Gasteiger partial charge in [-0.05, 0) is 50.1 Å². The molecule has 2 aromatic carbocycles. The zero-order valence-electron chi connectivity index (χ0n) is 14.1. The molecule has 0 saturated carbocycles. The summed E-state index contributed by atoms with van der Waals surface area (Å²) in [6.45, 7) is 3.97. The first-order valence-corrected chi connectivity index (χ1v) is 8.14. The van der Waals surface area contributed by atoms with Crippen molar-refractivity contribution in [3.8, 4) is 5.75 Å². The number of Topliss-reactive ketones (excluding diaryl/α,β-unsaturated/α-hetero) is 1. The van der Waals surface area contributed by atoms with E-state index in [4.69, 9.17) is 4.74 Å². The Labute approximate surface area is 142 Å². The van der Waals surface area contributed by atoms with E-state index in [1.165, 1.54) is 6.92 Å². The summed E-state index contributed by atoms with van der Waals surface area (Å²) >= 11 is 0. The normalized spacial score (nSPS) is 11.6. The quantitative estimate of drug-likeness (QED) is 0.591. The number of amides is 1. The van der Waals surface area contributed by atoms with Gasteiger partial charge < -0.3 is 10.1 Å². The Morgan fingerprint density at radius 3 is 2.33 bits per heavy atom. The largest absolute Gasteiger partial charge is 0.494 e. The smallest absolute Gasteiger partial charge is 0.220 e. The second kappa shape index (κ2) is 8.87. The maximum absolute atomic E-state index is 12.0. The van der Waals surface area contributed by atoms with Crippen LogP contribution in [0.5, 0.6) is 5.75 Å². The molecule has 1 unspecified atom stereocenters. The van der Waals surface area contributed by atoms with Crippen LogP contribution in [-0.2, 0) is 4.79 Å². The fourth-order valence-electron chi connectivity index (χ4n) is 2.35. The SMILES string of the molecule is CC(=O)c1ccc(OCCCC(=O)NC(C)c2ccccc2)cc1. The van der Waals surface area contributed by atoms with E-state index in [1.54, 1.807) is 24.3 Å². The van der Waals surface area contributed by atoms with Crippen LogP contribution < -0.4 is 10.1 Å². The molecule has 24 heavy (non-hydrogen) atoms. The van der Waals surface area contributed by atoms with Crippen LogP contribution in [0.4, 0.5) is 0 Å². The lowest BCUT2D eigenvalue weighted by Crippen LogP contribution is -2.26. The number of nitrogens with one attached hydrogen (secondary N) is 1. The molecule has 1 atom stereocenters. The summed E-state index contributed by atoms with van der Waals surface area (Å²) in [4.78, 5) is 23.2. The second-order valence-electron chi connectivity index (χ2n) is 5.73. The molecule has 0 aliphatic rings. The highest BCUT2D eigenvalue weighted by Gasteiger charge is 2.08. The highest BCUT2D eigenvalue weighted by molar-refractivity contribution is 5.94. The Bertz CT molecular complexity index is 665.